The predicted molar refractivity (Wildman–Crippen MR) is 164 cm³/mol. The molecule has 0 unspecified atom stereocenters. The molecule has 0 fully saturated rings. The number of β-amino-alcohol motifs (C(OH)–C–C–N with tert-alkyl or cyclic N) is 1. The molecule has 0 heterocycles. The summed E-state index contributed by atoms with van der Waals surface area (Å²) in [7, 11) is -0.863. The monoisotopic (exact) mass is 594 g/mol. The first-order valence-corrected chi connectivity index (χ1v) is 15.8. The van der Waals surface area contributed by atoms with Gasteiger partial charge in [-0.1, -0.05) is 42.5 Å². The lowest BCUT2D eigenvalue weighted by Gasteiger charge is -2.31. The number of ether oxygens (including phenoxy) is 1. The molecule has 226 valence electrons. The van der Waals surface area contributed by atoms with Crippen molar-refractivity contribution < 1.29 is 28.2 Å². The number of sulfonamides is 1. The van der Waals surface area contributed by atoms with E-state index in [2.05, 4.69) is 43.4 Å². The number of carboxylic acids is 1. The van der Waals surface area contributed by atoms with Crippen molar-refractivity contribution in [1.82, 2.24) is 9.62 Å². The number of rotatable bonds is 14. The minimum atomic E-state index is -3.87. The molecular formula is C33H42N2O6S. The zero-order chi connectivity index (χ0) is 30.5. The highest BCUT2D eigenvalue weighted by molar-refractivity contribution is 7.89. The maximum atomic E-state index is 13.4. The number of nitrogens with zero attached hydrogens (tertiary/aromatic N) is 1. The van der Waals surface area contributed by atoms with Crippen LogP contribution in [-0.2, 0) is 34.1 Å². The number of hydrogen-bond donors (Lipinski definition) is 3. The molecular weight excluding hydrogens is 552 g/mol. The number of nitrogens with one attached hydrogen (secondary N) is 1. The number of hydrogen-bond acceptors (Lipinski definition) is 6. The second kappa shape index (κ2) is 13.4. The largest absolute Gasteiger partial charge is 0.496 e. The highest BCUT2D eigenvalue weighted by atomic mass is 32.2. The molecule has 0 amide bonds. The summed E-state index contributed by atoms with van der Waals surface area (Å²) in [5, 5.41) is 23.3. The summed E-state index contributed by atoms with van der Waals surface area (Å²) in [5.41, 5.74) is 4.80. The van der Waals surface area contributed by atoms with Crippen molar-refractivity contribution in [3.8, 4) is 16.9 Å². The summed E-state index contributed by atoms with van der Waals surface area (Å²) in [5.74, 6) is 0.221. The Hall–Kier alpha value is -3.24. The zero-order valence-corrected chi connectivity index (χ0v) is 25.7. The standard InChI is InChI=1S/C33H42N2O6S/c1-33(2,20-23-16-24-8-5-6-9-25(24)17-23)34-21-29(36)22-35(3)42(39,40)30-11-7-10-26(19-30)27-12-14-31(41-4)28(18-27)13-15-32(37)38/h5-12,14,18-19,23,29,34,36H,13,15-17,20-22H2,1-4H3,(H,37,38)/t29-/m1/s1. The van der Waals surface area contributed by atoms with Gasteiger partial charge >= 0.3 is 5.97 Å². The van der Waals surface area contributed by atoms with Gasteiger partial charge in [-0.25, -0.2) is 8.42 Å². The van der Waals surface area contributed by atoms with Crippen LogP contribution >= 0.6 is 0 Å². The van der Waals surface area contributed by atoms with Crippen LogP contribution in [0.25, 0.3) is 11.1 Å². The minimum Gasteiger partial charge on any atom is -0.496 e. The number of carboxylic acid groups (broad SMARTS) is 1. The first-order chi connectivity index (χ1) is 19.9. The topological polar surface area (TPSA) is 116 Å². The number of likely N-dealkylation sites (N-methyl/N-ethyl adjacent to an activating group) is 1. The Morgan fingerprint density at radius 2 is 1.71 bits per heavy atom. The second-order valence-electron chi connectivity index (χ2n) is 11.9. The van der Waals surface area contributed by atoms with Crippen LogP contribution in [0.5, 0.6) is 5.75 Å². The summed E-state index contributed by atoms with van der Waals surface area (Å²) >= 11 is 0. The third-order valence-electron chi connectivity index (χ3n) is 7.98. The van der Waals surface area contributed by atoms with Gasteiger partial charge in [-0.15, -0.1) is 0 Å². The average molecular weight is 595 g/mol. The molecule has 1 aliphatic carbocycles. The Bertz CT molecular complexity index is 1480. The summed E-state index contributed by atoms with van der Waals surface area (Å²) in [6, 6.07) is 20.6. The van der Waals surface area contributed by atoms with Gasteiger partial charge in [0.1, 0.15) is 5.75 Å². The van der Waals surface area contributed by atoms with Crippen LogP contribution in [0.2, 0.25) is 0 Å². The third kappa shape index (κ3) is 7.98. The molecule has 0 aromatic heterocycles. The molecule has 4 rings (SSSR count). The van der Waals surface area contributed by atoms with E-state index in [9.17, 15) is 18.3 Å². The molecule has 1 atom stereocenters. The smallest absolute Gasteiger partial charge is 0.303 e. The van der Waals surface area contributed by atoms with Crippen LogP contribution in [0.1, 0.15) is 43.4 Å². The minimum absolute atomic E-state index is 0.0394. The van der Waals surface area contributed by atoms with Gasteiger partial charge in [0.15, 0.2) is 0 Å². The molecule has 0 spiro atoms. The lowest BCUT2D eigenvalue weighted by molar-refractivity contribution is -0.136. The van der Waals surface area contributed by atoms with E-state index < -0.39 is 22.1 Å². The number of aliphatic hydroxyl groups is 1. The fourth-order valence-electron chi connectivity index (χ4n) is 5.85. The zero-order valence-electron chi connectivity index (χ0n) is 24.8. The Morgan fingerprint density at radius 1 is 1.05 bits per heavy atom. The van der Waals surface area contributed by atoms with Crippen molar-refractivity contribution in [2.24, 2.45) is 5.92 Å². The molecule has 3 N–H and O–H groups in total. The van der Waals surface area contributed by atoms with E-state index in [1.54, 1.807) is 18.2 Å². The molecule has 3 aromatic rings. The molecule has 1 aliphatic rings. The molecule has 3 aromatic carbocycles. The van der Waals surface area contributed by atoms with Gasteiger partial charge in [-0.2, -0.15) is 4.31 Å². The van der Waals surface area contributed by atoms with Crippen LogP contribution < -0.4 is 10.1 Å². The van der Waals surface area contributed by atoms with Gasteiger partial charge in [0.25, 0.3) is 0 Å². The number of aryl methyl sites for hydroxylation is 1. The second-order valence-corrected chi connectivity index (χ2v) is 13.9. The fraction of sp³-hybridized carbons (Fsp3) is 0.424. The van der Waals surface area contributed by atoms with Crippen molar-refractivity contribution in [2.45, 2.75) is 62.5 Å². The quantitative estimate of drug-likeness (QED) is 0.251. The van der Waals surface area contributed by atoms with E-state index in [1.807, 2.05) is 18.2 Å². The molecule has 0 saturated carbocycles. The van der Waals surface area contributed by atoms with Gasteiger partial charge in [0.2, 0.25) is 10.0 Å². The lowest BCUT2D eigenvalue weighted by Crippen LogP contribution is -2.47. The van der Waals surface area contributed by atoms with Gasteiger partial charge in [-0.05, 0) is 97.5 Å². The fourth-order valence-corrected chi connectivity index (χ4v) is 7.11. The Labute approximate surface area is 249 Å². The molecule has 0 saturated heterocycles. The number of aliphatic hydroxyl groups excluding tert-OH is 1. The van der Waals surface area contributed by atoms with E-state index in [0.717, 1.165) is 30.4 Å². The number of methoxy groups -OCH3 is 1. The van der Waals surface area contributed by atoms with Crippen LogP contribution in [0.4, 0.5) is 0 Å². The van der Waals surface area contributed by atoms with Gasteiger partial charge in [0.05, 0.1) is 18.1 Å². The van der Waals surface area contributed by atoms with Gasteiger partial charge in [0, 0.05) is 32.1 Å². The van der Waals surface area contributed by atoms with E-state index in [4.69, 9.17) is 9.84 Å². The third-order valence-corrected chi connectivity index (χ3v) is 9.80. The SMILES string of the molecule is COc1ccc(-c2cccc(S(=O)(=O)N(C)C[C@H](O)CNC(C)(C)CC3Cc4ccccc4C3)c2)cc1CCC(=O)O. The van der Waals surface area contributed by atoms with Gasteiger partial charge in [-0.3, -0.25) is 4.79 Å². The molecule has 9 heteroatoms. The van der Waals surface area contributed by atoms with Crippen molar-refractivity contribution in [1.29, 1.82) is 0 Å². The van der Waals surface area contributed by atoms with Gasteiger partial charge < -0.3 is 20.3 Å². The molecule has 0 bridgehead atoms. The van der Waals surface area contributed by atoms with Crippen molar-refractivity contribution in [3.63, 3.8) is 0 Å². The van der Waals surface area contributed by atoms with E-state index >= 15 is 0 Å². The molecule has 0 radical (unpaired) electrons. The van der Waals surface area contributed by atoms with E-state index in [1.165, 1.54) is 35.7 Å². The Morgan fingerprint density at radius 3 is 2.36 bits per heavy atom. The highest BCUT2D eigenvalue weighted by Gasteiger charge is 2.29. The van der Waals surface area contributed by atoms with Crippen LogP contribution in [0.15, 0.2) is 71.6 Å². The summed E-state index contributed by atoms with van der Waals surface area (Å²) in [6.07, 6.45) is 2.45. The predicted octanol–water partition coefficient (Wildman–Crippen LogP) is 4.53. The summed E-state index contributed by atoms with van der Waals surface area (Å²) in [4.78, 5) is 11.2. The maximum Gasteiger partial charge on any atom is 0.303 e. The van der Waals surface area contributed by atoms with Crippen LogP contribution in [0.3, 0.4) is 0 Å². The number of benzene rings is 3. The van der Waals surface area contributed by atoms with E-state index in [0.29, 0.717) is 23.7 Å². The first kappa shape index (κ1) is 31.7. The van der Waals surface area contributed by atoms with E-state index in [-0.39, 0.29) is 29.9 Å². The van der Waals surface area contributed by atoms with Crippen molar-refractivity contribution in [2.75, 3.05) is 27.2 Å². The summed E-state index contributed by atoms with van der Waals surface area (Å²) < 4.78 is 33.5. The van der Waals surface area contributed by atoms with Crippen LogP contribution in [-0.4, -0.2) is 67.8 Å². The van der Waals surface area contributed by atoms with Crippen molar-refractivity contribution >= 4 is 16.0 Å². The Kier molecular flexibility index (Phi) is 10.1. The maximum absolute atomic E-state index is 13.4. The molecule has 8 nitrogen and oxygen atoms in total. The van der Waals surface area contributed by atoms with Crippen LogP contribution in [0, 0.1) is 5.92 Å². The average Bonchev–Trinajstić information content (AvgIpc) is 3.36. The highest BCUT2D eigenvalue weighted by Crippen LogP contribution is 2.32. The number of aliphatic carboxylic acids is 1. The van der Waals surface area contributed by atoms with Crippen molar-refractivity contribution in [3.05, 3.63) is 83.4 Å². The lowest BCUT2D eigenvalue weighted by atomic mass is 9.88. The normalized spacial score (nSPS) is 14.6. The molecule has 0 aliphatic heterocycles. The Balaban J connectivity index is 1.37. The summed E-state index contributed by atoms with van der Waals surface area (Å²) in [6.45, 7) is 4.48. The number of carbonyl (C=O) groups is 1. The number of fused-ring (bicyclic) bond motifs is 1. The molecule has 42 heavy (non-hydrogen) atoms. The first-order valence-electron chi connectivity index (χ1n) is 14.3.